The van der Waals surface area contributed by atoms with Gasteiger partial charge in [0.2, 0.25) is 0 Å². The summed E-state index contributed by atoms with van der Waals surface area (Å²) in [5.41, 5.74) is 0.912. The van der Waals surface area contributed by atoms with E-state index in [1.54, 1.807) is 19.2 Å². The molecule has 1 heterocycles. The summed E-state index contributed by atoms with van der Waals surface area (Å²) in [5, 5.41) is 2.67. The average Bonchev–Trinajstić information content (AvgIpc) is 2.52. The van der Waals surface area contributed by atoms with Crippen molar-refractivity contribution in [2.75, 3.05) is 7.05 Å². The first-order valence-electron chi connectivity index (χ1n) is 5.17. The number of benzene rings is 1. The van der Waals surface area contributed by atoms with Crippen molar-refractivity contribution >= 4 is 25.8 Å². The van der Waals surface area contributed by atoms with E-state index >= 15 is 0 Å². The van der Waals surface area contributed by atoms with Crippen molar-refractivity contribution in [3.05, 3.63) is 28.2 Å². The second-order valence-corrected chi connectivity index (χ2v) is 7.07. The molecule has 0 spiro atoms. The number of fused-ring (bicyclic) bond motifs is 1. The number of sulfone groups is 1. The summed E-state index contributed by atoms with van der Waals surface area (Å²) in [6.07, 6.45) is 0.584. The third-order valence-electron chi connectivity index (χ3n) is 3.20. The van der Waals surface area contributed by atoms with E-state index in [4.69, 9.17) is 0 Å². The Hall–Kier alpha value is -0.390. The van der Waals surface area contributed by atoms with Gasteiger partial charge in [-0.15, -0.1) is 0 Å². The number of nitrogens with one attached hydrogen (secondary N) is 1. The molecule has 0 saturated carbocycles. The Balaban J connectivity index is 2.54. The van der Waals surface area contributed by atoms with Crippen molar-refractivity contribution in [2.45, 2.75) is 29.5 Å². The molecule has 1 N–H and O–H groups in total. The molecule has 3 nitrogen and oxygen atoms in total. The highest BCUT2D eigenvalue weighted by atomic mass is 79.9. The van der Waals surface area contributed by atoms with Gasteiger partial charge in [-0.05, 0) is 38.1 Å². The topological polar surface area (TPSA) is 46.2 Å². The van der Waals surface area contributed by atoms with Gasteiger partial charge in [-0.25, -0.2) is 8.42 Å². The number of hydrogen-bond acceptors (Lipinski definition) is 3. The molecular formula is C11H14BrNO2S. The molecule has 0 aromatic heterocycles. The second-order valence-electron chi connectivity index (χ2n) is 4.08. The first-order valence-corrected chi connectivity index (χ1v) is 7.51. The van der Waals surface area contributed by atoms with Crippen LogP contribution in [-0.2, 0) is 16.3 Å². The molecule has 2 atom stereocenters. The Kier molecular flexibility index (Phi) is 3.11. The summed E-state index contributed by atoms with van der Waals surface area (Å²) >= 11 is 3.41. The summed E-state index contributed by atoms with van der Waals surface area (Å²) < 4.78 is 25.4. The van der Waals surface area contributed by atoms with Crippen LogP contribution >= 0.6 is 15.9 Å². The Labute approximate surface area is 104 Å². The van der Waals surface area contributed by atoms with Gasteiger partial charge in [-0.1, -0.05) is 22.0 Å². The molecule has 1 aliphatic heterocycles. The highest BCUT2D eigenvalue weighted by Crippen LogP contribution is 2.36. The van der Waals surface area contributed by atoms with Gasteiger partial charge in [-0.3, -0.25) is 0 Å². The average molecular weight is 304 g/mol. The van der Waals surface area contributed by atoms with Crippen molar-refractivity contribution in [1.82, 2.24) is 5.32 Å². The Morgan fingerprint density at radius 1 is 1.50 bits per heavy atom. The van der Waals surface area contributed by atoms with Gasteiger partial charge < -0.3 is 5.32 Å². The van der Waals surface area contributed by atoms with Crippen molar-refractivity contribution in [1.29, 1.82) is 0 Å². The van der Waals surface area contributed by atoms with Gasteiger partial charge in [-0.2, -0.15) is 0 Å². The molecule has 0 radical (unpaired) electrons. The SMILES string of the molecule is CNC(C)C1Cc2c(Br)cccc2S1(=O)=O. The molecule has 0 amide bonds. The zero-order valence-corrected chi connectivity index (χ0v) is 11.6. The van der Waals surface area contributed by atoms with E-state index in [1.807, 2.05) is 13.0 Å². The second kappa shape index (κ2) is 4.13. The first kappa shape index (κ1) is 12.1. The van der Waals surface area contributed by atoms with Crippen LogP contribution in [0.5, 0.6) is 0 Å². The predicted octanol–water partition coefficient (Wildman–Crippen LogP) is 1.76. The minimum atomic E-state index is -3.17. The van der Waals surface area contributed by atoms with Gasteiger partial charge >= 0.3 is 0 Å². The van der Waals surface area contributed by atoms with E-state index in [2.05, 4.69) is 21.2 Å². The third-order valence-corrected chi connectivity index (χ3v) is 6.31. The van der Waals surface area contributed by atoms with Crippen LogP contribution in [0.3, 0.4) is 0 Å². The molecule has 2 rings (SSSR count). The number of halogens is 1. The van der Waals surface area contributed by atoms with Crippen LogP contribution in [0.4, 0.5) is 0 Å². The van der Waals surface area contributed by atoms with Crippen LogP contribution in [0.2, 0.25) is 0 Å². The minimum absolute atomic E-state index is 0.0377. The predicted molar refractivity (Wildman–Crippen MR) is 67.3 cm³/mol. The largest absolute Gasteiger partial charge is 0.316 e. The summed E-state index contributed by atoms with van der Waals surface area (Å²) in [6, 6.07) is 5.31. The maximum atomic E-state index is 12.3. The third kappa shape index (κ3) is 1.71. The molecule has 2 unspecified atom stereocenters. The zero-order chi connectivity index (χ0) is 11.9. The van der Waals surface area contributed by atoms with Crippen molar-refractivity contribution < 1.29 is 8.42 Å². The molecule has 16 heavy (non-hydrogen) atoms. The molecular weight excluding hydrogens is 290 g/mol. The van der Waals surface area contributed by atoms with Gasteiger partial charge in [0.1, 0.15) is 0 Å². The molecule has 88 valence electrons. The molecule has 0 fully saturated rings. The highest BCUT2D eigenvalue weighted by Gasteiger charge is 2.40. The van der Waals surface area contributed by atoms with E-state index in [0.29, 0.717) is 11.3 Å². The van der Waals surface area contributed by atoms with Crippen LogP contribution in [-0.4, -0.2) is 26.8 Å². The van der Waals surface area contributed by atoms with Crippen molar-refractivity contribution in [3.8, 4) is 0 Å². The minimum Gasteiger partial charge on any atom is -0.316 e. The summed E-state index contributed by atoms with van der Waals surface area (Å²) in [5.74, 6) is 0. The van der Waals surface area contributed by atoms with Gasteiger partial charge in [0.05, 0.1) is 10.1 Å². The zero-order valence-electron chi connectivity index (χ0n) is 9.20. The monoisotopic (exact) mass is 303 g/mol. The molecule has 0 aliphatic carbocycles. The highest BCUT2D eigenvalue weighted by molar-refractivity contribution is 9.10. The normalized spacial score (nSPS) is 24.1. The van der Waals surface area contributed by atoms with Crippen LogP contribution in [0.25, 0.3) is 0 Å². The van der Waals surface area contributed by atoms with E-state index in [0.717, 1.165) is 10.0 Å². The Morgan fingerprint density at radius 3 is 2.75 bits per heavy atom. The van der Waals surface area contributed by atoms with Gasteiger partial charge in [0, 0.05) is 10.5 Å². The Bertz CT molecular complexity index is 513. The molecule has 5 heteroatoms. The quantitative estimate of drug-likeness (QED) is 0.905. The standard InChI is InChI=1S/C11H14BrNO2S/c1-7(13-2)11-6-8-9(12)4-3-5-10(8)16(11,14)15/h3-5,7,11,13H,6H2,1-2H3. The Morgan fingerprint density at radius 2 is 2.19 bits per heavy atom. The van der Waals surface area contributed by atoms with Crippen molar-refractivity contribution in [2.24, 2.45) is 0 Å². The molecule has 1 aromatic rings. The van der Waals surface area contributed by atoms with Gasteiger partial charge in [0.25, 0.3) is 0 Å². The summed E-state index contributed by atoms with van der Waals surface area (Å²) in [4.78, 5) is 0.481. The lowest BCUT2D eigenvalue weighted by Gasteiger charge is -2.17. The molecule has 0 bridgehead atoms. The van der Waals surface area contributed by atoms with Crippen LogP contribution in [0, 0.1) is 0 Å². The van der Waals surface area contributed by atoms with E-state index in [1.165, 1.54) is 0 Å². The van der Waals surface area contributed by atoms with Crippen molar-refractivity contribution in [3.63, 3.8) is 0 Å². The van der Waals surface area contributed by atoms with E-state index in [-0.39, 0.29) is 11.3 Å². The summed E-state index contributed by atoms with van der Waals surface area (Å²) in [6.45, 7) is 1.90. The fourth-order valence-corrected chi connectivity index (χ4v) is 4.96. The van der Waals surface area contributed by atoms with E-state index < -0.39 is 9.84 Å². The van der Waals surface area contributed by atoms with Gasteiger partial charge in [0.15, 0.2) is 9.84 Å². The molecule has 1 aliphatic rings. The lowest BCUT2D eigenvalue weighted by Crippen LogP contribution is -2.38. The molecule has 1 aromatic carbocycles. The number of rotatable bonds is 2. The summed E-state index contributed by atoms with van der Waals surface area (Å²) in [7, 11) is -1.38. The lowest BCUT2D eigenvalue weighted by atomic mass is 10.1. The fourth-order valence-electron chi connectivity index (χ4n) is 2.11. The molecule has 0 saturated heterocycles. The van der Waals surface area contributed by atoms with Crippen LogP contribution in [0.1, 0.15) is 12.5 Å². The lowest BCUT2D eigenvalue weighted by molar-refractivity contribution is 0.534. The van der Waals surface area contributed by atoms with Crippen LogP contribution < -0.4 is 5.32 Å². The van der Waals surface area contributed by atoms with Crippen LogP contribution in [0.15, 0.2) is 27.6 Å². The maximum Gasteiger partial charge on any atom is 0.183 e. The smallest absolute Gasteiger partial charge is 0.183 e. The fraction of sp³-hybridized carbons (Fsp3) is 0.455. The maximum absolute atomic E-state index is 12.3. The first-order chi connectivity index (χ1) is 7.48. The van der Waals surface area contributed by atoms with E-state index in [9.17, 15) is 8.42 Å². The number of hydrogen-bond donors (Lipinski definition) is 1.